The zero-order valence-corrected chi connectivity index (χ0v) is 13.1. The summed E-state index contributed by atoms with van der Waals surface area (Å²) in [7, 11) is 0. The molecule has 0 aliphatic heterocycles. The summed E-state index contributed by atoms with van der Waals surface area (Å²) in [4.78, 5) is 22.7. The molecule has 0 amide bonds. The van der Waals surface area contributed by atoms with Gasteiger partial charge in [-0.3, -0.25) is 9.59 Å². The van der Waals surface area contributed by atoms with E-state index in [1.807, 2.05) is 0 Å². The SMILES string of the molecule is C=CCOCCOC(=O)CCCCC(=O)OCCOCC=C. The van der Waals surface area contributed by atoms with E-state index in [1.54, 1.807) is 12.2 Å². The summed E-state index contributed by atoms with van der Waals surface area (Å²) >= 11 is 0. The van der Waals surface area contributed by atoms with Crippen molar-refractivity contribution in [3.05, 3.63) is 25.3 Å². The predicted molar refractivity (Wildman–Crippen MR) is 82.4 cm³/mol. The minimum Gasteiger partial charge on any atom is -0.463 e. The van der Waals surface area contributed by atoms with E-state index < -0.39 is 0 Å². The maximum atomic E-state index is 11.4. The first-order chi connectivity index (χ1) is 10.7. The van der Waals surface area contributed by atoms with Gasteiger partial charge in [-0.2, -0.15) is 0 Å². The fourth-order valence-corrected chi connectivity index (χ4v) is 1.45. The van der Waals surface area contributed by atoms with Crippen LogP contribution in [-0.2, 0) is 28.5 Å². The smallest absolute Gasteiger partial charge is 0.305 e. The monoisotopic (exact) mass is 314 g/mol. The second-order valence-electron chi connectivity index (χ2n) is 4.38. The van der Waals surface area contributed by atoms with Crippen LogP contribution in [0.4, 0.5) is 0 Å². The molecule has 0 saturated heterocycles. The van der Waals surface area contributed by atoms with Gasteiger partial charge in [-0.05, 0) is 12.8 Å². The standard InChI is InChI=1S/C16H26O6/c1-3-9-19-11-13-21-15(17)7-5-6-8-16(18)22-14-12-20-10-4-2/h3-4H,1-2,5-14H2. The van der Waals surface area contributed by atoms with Crippen molar-refractivity contribution < 1.29 is 28.5 Å². The van der Waals surface area contributed by atoms with Crippen LogP contribution in [0.5, 0.6) is 0 Å². The second kappa shape index (κ2) is 15.7. The zero-order valence-electron chi connectivity index (χ0n) is 13.1. The highest BCUT2D eigenvalue weighted by molar-refractivity contribution is 5.70. The Morgan fingerprint density at radius 3 is 1.50 bits per heavy atom. The Hall–Kier alpha value is -1.66. The van der Waals surface area contributed by atoms with E-state index in [2.05, 4.69) is 13.2 Å². The summed E-state index contributed by atoms with van der Waals surface area (Å²) in [6.07, 6.45) is 5.02. The van der Waals surface area contributed by atoms with Crippen molar-refractivity contribution in [3.8, 4) is 0 Å². The van der Waals surface area contributed by atoms with E-state index in [4.69, 9.17) is 18.9 Å². The lowest BCUT2D eigenvalue weighted by Gasteiger charge is -2.06. The first-order valence-corrected chi connectivity index (χ1v) is 7.39. The van der Waals surface area contributed by atoms with Crippen LogP contribution in [0.25, 0.3) is 0 Å². The van der Waals surface area contributed by atoms with Gasteiger partial charge in [0.05, 0.1) is 26.4 Å². The Morgan fingerprint density at radius 1 is 0.727 bits per heavy atom. The molecule has 22 heavy (non-hydrogen) atoms. The molecule has 0 rings (SSSR count). The van der Waals surface area contributed by atoms with Crippen molar-refractivity contribution >= 4 is 11.9 Å². The molecule has 0 spiro atoms. The van der Waals surface area contributed by atoms with Crippen molar-refractivity contribution in [2.24, 2.45) is 0 Å². The molecule has 0 radical (unpaired) electrons. The topological polar surface area (TPSA) is 71.1 Å². The average molecular weight is 314 g/mol. The average Bonchev–Trinajstić information content (AvgIpc) is 2.51. The minimum atomic E-state index is -0.284. The van der Waals surface area contributed by atoms with E-state index in [-0.39, 0.29) is 38.0 Å². The molecule has 0 fully saturated rings. The molecule has 0 aliphatic rings. The van der Waals surface area contributed by atoms with E-state index in [0.29, 0.717) is 39.3 Å². The van der Waals surface area contributed by atoms with E-state index >= 15 is 0 Å². The lowest BCUT2D eigenvalue weighted by Crippen LogP contribution is -2.12. The van der Waals surface area contributed by atoms with Crippen molar-refractivity contribution in [2.45, 2.75) is 25.7 Å². The zero-order chi connectivity index (χ0) is 16.5. The van der Waals surface area contributed by atoms with Crippen LogP contribution >= 0.6 is 0 Å². The van der Waals surface area contributed by atoms with Crippen LogP contribution in [0.2, 0.25) is 0 Å². The Labute approximate surface area is 132 Å². The lowest BCUT2D eigenvalue weighted by molar-refractivity contribution is -0.147. The van der Waals surface area contributed by atoms with Gasteiger partial charge in [0.25, 0.3) is 0 Å². The number of carbonyl (C=O) groups excluding carboxylic acids is 2. The molecule has 0 aromatic rings. The molecule has 0 unspecified atom stereocenters. The molecular formula is C16H26O6. The van der Waals surface area contributed by atoms with Gasteiger partial charge in [0.15, 0.2) is 0 Å². The molecule has 6 nitrogen and oxygen atoms in total. The minimum absolute atomic E-state index is 0.236. The normalized spacial score (nSPS) is 10.0. The maximum Gasteiger partial charge on any atom is 0.305 e. The lowest BCUT2D eigenvalue weighted by atomic mass is 10.2. The fraction of sp³-hybridized carbons (Fsp3) is 0.625. The van der Waals surface area contributed by atoms with Crippen LogP contribution in [0.3, 0.4) is 0 Å². The molecule has 0 N–H and O–H groups in total. The van der Waals surface area contributed by atoms with Crippen LogP contribution in [0.15, 0.2) is 25.3 Å². The van der Waals surface area contributed by atoms with E-state index in [1.165, 1.54) is 0 Å². The first-order valence-electron chi connectivity index (χ1n) is 7.39. The maximum absolute atomic E-state index is 11.4. The Morgan fingerprint density at radius 2 is 1.14 bits per heavy atom. The van der Waals surface area contributed by atoms with Crippen molar-refractivity contribution in [1.82, 2.24) is 0 Å². The summed E-state index contributed by atoms with van der Waals surface area (Å²) in [5.74, 6) is -0.568. The van der Waals surface area contributed by atoms with Crippen LogP contribution in [0, 0.1) is 0 Å². The number of hydrogen-bond donors (Lipinski definition) is 0. The predicted octanol–water partition coefficient (Wildman–Crippen LogP) is 2.04. The molecule has 126 valence electrons. The van der Waals surface area contributed by atoms with Gasteiger partial charge < -0.3 is 18.9 Å². The van der Waals surface area contributed by atoms with Gasteiger partial charge in [0.2, 0.25) is 0 Å². The first kappa shape index (κ1) is 20.3. The van der Waals surface area contributed by atoms with Gasteiger partial charge in [-0.15, -0.1) is 13.2 Å². The van der Waals surface area contributed by atoms with Crippen LogP contribution < -0.4 is 0 Å². The third kappa shape index (κ3) is 14.7. The number of unbranched alkanes of at least 4 members (excludes halogenated alkanes) is 1. The second-order valence-corrected chi connectivity index (χ2v) is 4.38. The molecule has 0 heterocycles. The van der Waals surface area contributed by atoms with Gasteiger partial charge in [-0.1, -0.05) is 12.2 Å². The van der Waals surface area contributed by atoms with Crippen LogP contribution in [-0.4, -0.2) is 51.6 Å². The number of hydrogen-bond acceptors (Lipinski definition) is 6. The summed E-state index contributed by atoms with van der Waals surface area (Å²) in [5.41, 5.74) is 0. The van der Waals surface area contributed by atoms with Gasteiger partial charge in [-0.25, -0.2) is 0 Å². The summed E-state index contributed by atoms with van der Waals surface area (Å²) < 4.78 is 20.1. The molecular weight excluding hydrogens is 288 g/mol. The number of ether oxygens (including phenoxy) is 4. The summed E-state index contributed by atoms with van der Waals surface area (Å²) in [6.45, 7) is 9.09. The van der Waals surface area contributed by atoms with Crippen LogP contribution in [0.1, 0.15) is 25.7 Å². The number of esters is 2. The highest BCUT2D eigenvalue weighted by Gasteiger charge is 2.06. The number of carbonyl (C=O) groups is 2. The van der Waals surface area contributed by atoms with Gasteiger partial charge in [0, 0.05) is 12.8 Å². The fourth-order valence-electron chi connectivity index (χ4n) is 1.45. The highest BCUT2D eigenvalue weighted by Crippen LogP contribution is 2.03. The summed E-state index contributed by atoms with van der Waals surface area (Å²) in [6, 6.07) is 0. The summed E-state index contributed by atoms with van der Waals surface area (Å²) in [5, 5.41) is 0. The molecule has 6 heteroatoms. The highest BCUT2D eigenvalue weighted by atomic mass is 16.6. The molecule has 0 atom stereocenters. The quantitative estimate of drug-likeness (QED) is 0.262. The molecule has 0 aliphatic carbocycles. The third-order valence-corrected chi connectivity index (χ3v) is 2.46. The van der Waals surface area contributed by atoms with E-state index in [9.17, 15) is 9.59 Å². The number of rotatable bonds is 15. The molecule has 0 saturated carbocycles. The van der Waals surface area contributed by atoms with Gasteiger partial charge >= 0.3 is 11.9 Å². The van der Waals surface area contributed by atoms with E-state index in [0.717, 1.165) is 0 Å². The molecule has 0 aromatic heterocycles. The Balaban J connectivity index is 3.35. The van der Waals surface area contributed by atoms with Crippen molar-refractivity contribution in [3.63, 3.8) is 0 Å². The molecule has 0 aromatic carbocycles. The van der Waals surface area contributed by atoms with Crippen molar-refractivity contribution in [1.29, 1.82) is 0 Å². The largest absolute Gasteiger partial charge is 0.463 e. The Bertz CT molecular complexity index is 295. The van der Waals surface area contributed by atoms with Gasteiger partial charge in [0.1, 0.15) is 13.2 Å². The Kier molecular flexibility index (Phi) is 14.5. The molecule has 0 bridgehead atoms. The van der Waals surface area contributed by atoms with Crippen molar-refractivity contribution in [2.75, 3.05) is 39.6 Å². The third-order valence-electron chi connectivity index (χ3n) is 2.46.